The molecular weight excluding hydrogens is 452 g/mol. The molecule has 0 N–H and O–H groups in total. The molecule has 4 aromatic rings. The molecule has 2 aliphatic rings. The third kappa shape index (κ3) is 3.62. The van der Waals surface area contributed by atoms with Gasteiger partial charge in [-0.05, 0) is 82.4 Å². The quantitative estimate of drug-likeness (QED) is 0.236. The molecular formula is C34H36OSi. The fourth-order valence-corrected chi connectivity index (χ4v) is 7.85. The highest BCUT2D eigenvalue weighted by atomic mass is 28.4. The van der Waals surface area contributed by atoms with E-state index >= 15 is 0 Å². The average Bonchev–Trinajstić information content (AvgIpc) is 3.41. The van der Waals surface area contributed by atoms with E-state index in [1.807, 2.05) is 0 Å². The fourth-order valence-electron chi connectivity index (χ4n) is 7.14. The molecule has 6 rings (SSSR count). The second-order valence-electron chi connectivity index (χ2n) is 11.5. The summed E-state index contributed by atoms with van der Waals surface area (Å²) in [6, 6.07) is 36.5. The van der Waals surface area contributed by atoms with Crippen molar-refractivity contribution in [1.82, 2.24) is 0 Å². The van der Waals surface area contributed by atoms with Crippen LogP contribution in [0.4, 0.5) is 0 Å². The van der Waals surface area contributed by atoms with Crippen LogP contribution in [0.15, 0.2) is 97.1 Å². The molecule has 0 spiro atoms. The summed E-state index contributed by atoms with van der Waals surface area (Å²) in [5, 5.41) is 0. The van der Waals surface area contributed by atoms with Gasteiger partial charge >= 0.3 is 0 Å². The Morgan fingerprint density at radius 3 is 1.22 bits per heavy atom. The van der Waals surface area contributed by atoms with Crippen LogP contribution >= 0.6 is 0 Å². The Hall–Kier alpha value is -2.94. The van der Waals surface area contributed by atoms with Crippen molar-refractivity contribution in [1.29, 1.82) is 0 Å². The zero-order valence-corrected chi connectivity index (χ0v) is 22.9. The van der Waals surface area contributed by atoms with Crippen LogP contribution in [-0.4, -0.2) is 14.9 Å². The Morgan fingerprint density at radius 1 is 0.583 bits per heavy atom. The van der Waals surface area contributed by atoms with E-state index in [2.05, 4.69) is 124 Å². The third-order valence-corrected chi connectivity index (χ3v) is 9.65. The Kier molecular flexibility index (Phi) is 5.78. The summed E-state index contributed by atoms with van der Waals surface area (Å²) in [6.45, 7) is 10.1. The van der Waals surface area contributed by atoms with Crippen LogP contribution in [0.1, 0.15) is 53.9 Å². The summed E-state index contributed by atoms with van der Waals surface area (Å²) in [5.41, 5.74) is 11.5. The fraction of sp³-hybridized carbons (Fsp3) is 0.294. The predicted molar refractivity (Wildman–Crippen MR) is 154 cm³/mol. The molecule has 0 fully saturated rings. The van der Waals surface area contributed by atoms with Crippen LogP contribution in [-0.2, 0) is 4.43 Å². The lowest BCUT2D eigenvalue weighted by Gasteiger charge is -2.46. The van der Waals surface area contributed by atoms with Crippen molar-refractivity contribution >= 4 is 8.32 Å². The summed E-state index contributed by atoms with van der Waals surface area (Å²) in [5.74, 6) is 0.647. The molecule has 0 atom stereocenters. The highest BCUT2D eigenvalue weighted by Crippen LogP contribution is 2.65. The average molecular weight is 489 g/mol. The van der Waals surface area contributed by atoms with Crippen molar-refractivity contribution in [3.8, 4) is 22.3 Å². The summed E-state index contributed by atoms with van der Waals surface area (Å²) >= 11 is 0. The minimum Gasteiger partial charge on any atom is -0.418 e. The van der Waals surface area contributed by atoms with Gasteiger partial charge in [-0.3, -0.25) is 0 Å². The number of hydrogen-bond donors (Lipinski definition) is 0. The van der Waals surface area contributed by atoms with Gasteiger partial charge in [0.25, 0.3) is 0 Å². The van der Waals surface area contributed by atoms with Crippen LogP contribution in [0.5, 0.6) is 0 Å². The summed E-state index contributed by atoms with van der Waals surface area (Å²) in [7, 11) is -1.64. The number of hydrogen-bond acceptors (Lipinski definition) is 1. The minimum atomic E-state index is -1.64. The molecule has 0 aliphatic heterocycles. The second-order valence-corrected chi connectivity index (χ2v) is 16.0. The first-order valence-corrected chi connectivity index (χ1v) is 16.9. The van der Waals surface area contributed by atoms with Crippen LogP contribution in [0.2, 0.25) is 19.6 Å². The van der Waals surface area contributed by atoms with Gasteiger partial charge in [-0.25, -0.2) is 0 Å². The first-order valence-electron chi connectivity index (χ1n) is 13.4. The smallest absolute Gasteiger partial charge is 0.183 e. The topological polar surface area (TPSA) is 9.23 Å². The van der Waals surface area contributed by atoms with Crippen LogP contribution in [0.3, 0.4) is 0 Å². The van der Waals surface area contributed by atoms with Gasteiger partial charge in [-0.15, -0.1) is 0 Å². The Labute approximate surface area is 217 Å². The standard InChI is InChI=1S/C34H36OSi/c1-5-34(22-23-35-36(2,3)4,32-28-18-10-6-14-24(28)25-15-7-11-19-29(25)32)33-30-20-12-8-16-26(30)27-17-9-13-21-31(27)33/h6-21,32-33H,5,22-23H2,1-4H3. The van der Waals surface area contributed by atoms with E-state index in [4.69, 9.17) is 4.43 Å². The van der Waals surface area contributed by atoms with Crippen molar-refractivity contribution < 1.29 is 4.43 Å². The predicted octanol–water partition coefficient (Wildman–Crippen LogP) is 9.25. The molecule has 2 aliphatic carbocycles. The van der Waals surface area contributed by atoms with Gasteiger partial charge in [0.1, 0.15) is 0 Å². The first kappa shape index (κ1) is 23.5. The highest BCUT2D eigenvalue weighted by Gasteiger charge is 2.52. The van der Waals surface area contributed by atoms with Gasteiger partial charge in [-0.1, -0.05) is 104 Å². The Bertz CT molecular complexity index is 1230. The van der Waals surface area contributed by atoms with Gasteiger partial charge in [0.05, 0.1) is 0 Å². The summed E-state index contributed by atoms with van der Waals surface area (Å²) in [6.07, 6.45) is 2.12. The number of fused-ring (bicyclic) bond motifs is 6. The lowest BCUT2D eigenvalue weighted by molar-refractivity contribution is 0.143. The van der Waals surface area contributed by atoms with E-state index in [0.29, 0.717) is 11.8 Å². The van der Waals surface area contributed by atoms with Gasteiger partial charge in [0.15, 0.2) is 8.32 Å². The van der Waals surface area contributed by atoms with E-state index in [9.17, 15) is 0 Å². The molecule has 0 unspecified atom stereocenters. The molecule has 1 nitrogen and oxygen atoms in total. The molecule has 182 valence electrons. The maximum atomic E-state index is 6.60. The third-order valence-electron chi connectivity index (χ3n) is 8.58. The monoisotopic (exact) mass is 488 g/mol. The molecule has 0 heterocycles. The lowest BCUT2D eigenvalue weighted by Crippen LogP contribution is -2.38. The minimum absolute atomic E-state index is 0.00887. The van der Waals surface area contributed by atoms with Crippen LogP contribution in [0, 0.1) is 5.41 Å². The van der Waals surface area contributed by atoms with E-state index in [0.717, 1.165) is 19.4 Å². The second kappa shape index (κ2) is 8.87. The molecule has 36 heavy (non-hydrogen) atoms. The van der Waals surface area contributed by atoms with Gasteiger partial charge in [0, 0.05) is 18.4 Å². The molecule has 2 heteroatoms. The van der Waals surface area contributed by atoms with E-state index in [-0.39, 0.29) is 5.41 Å². The van der Waals surface area contributed by atoms with Gasteiger partial charge in [0.2, 0.25) is 0 Å². The maximum absolute atomic E-state index is 6.60. The molecule has 0 aromatic heterocycles. The van der Waals surface area contributed by atoms with Crippen molar-refractivity contribution in [2.45, 2.75) is 51.2 Å². The van der Waals surface area contributed by atoms with E-state index in [1.165, 1.54) is 44.5 Å². The summed E-state index contributed by atoms with van der Waals surface area (Å²) < 4.78 is 6.60. The maximum Gasteiger partial charge on any atom is 0.183 e. The molecule has 4 aromatic carbocycles. The Balaban J connectivity index is 1.61. The largest absolute Gasteiger partial charge is 0.418 e. The van der Waals surface area contributed by atoms with E-state index < -0.39 is 8.32 Å². The van der Waals surface area contributed by atoms with Crippen LogP contribution in [0.25, 0.3) is 22.3 Å². The molecule has 0 bridgehead atoms. The zero-order chi connectivity index (χ0) is 24.9. The highest BCUT2D eigenvalue weighted by molar-refractivity contribution is 6.69. The van der Waals surface area contributed by atoms with Crippen molar-refractivity contribution in [3.05, 3.63) is 119 Å². The van der Waals surface area contributed by atoms with Crippen molar-refractivity contribution in [2.24, 2.45) is 5.41 Å². The number of rotatable bonds is 7. The lowest BCUT2D eigenvalue weighted by atomic mass is 9.58. The molecule has 0 saturated carbocycles. The molecule has 0 amide bonds. The van der Waals surface area contributed by atoms with Crippen LogP contribution < -0.4 is 0 Å². The van der Waals surface area contributed by atoms with Crippen molar-refractivity contribution in [2.75, 3.05) is 6.61 Å². The van der Waals surface area contributed by atoms with Gasteiger partial charge in [-0.2, -0.15) is 0 Å². The van der Waals surface area contributed by atoms with E-state index in [1.54, 1.807) is 0 Å². The van der Waals surface area contributed by atoms with Crippen molar-refractivity contribution in [3.63, 3.8) is 0 Å². The van der Waals surface area contributed by atoms with Gasteiger partial charge < -0.3 is 4.43 Å². The Morgan fingerprint density at radius 2 is 0.917 bits per heavy atom. The normalized spacial score (nSPS) is 14.9. The number of benzene rings is 4. The molecule has 0 radical (unpaired) electrons. The zero-order valence-electron chi connectivity index (χ0n) is 21.9. The SMILES string of the molecule is CCC(CCO[Si](C)(C)C)(C1c2ccccc2-c2ccccc21)C1c2ccccc2-c2ccccc21. The summed E-state index contributed by atoms with van der Waals surface area (Å²) in [4.78, 5) is 0. The molecule has 0 saturated heterocycles. The first-order chi connectivity index (χ1) is 17.4.